The van der Waals surface area contributed by atoms with Crippen LogP contribution in [0.1, 0.15) is 39.0 Å². The van der Waals surface area contributed by atoms with Crippen molar-refractivity contribution in [3.8, 4) is 0 Å². The highest BCUT2D eigenvalue weighted by molar-refractivity contribution is 7.80. The van der Waals surface area contributed by atoms with E-state index in [2.05, 4.69) is 19.6 Å². The molecule has 2 bridgehead atoms. The van der Waals surface area contributed by atoms with Crippen LogP contribution in [0.4, 0.5) is 0 Å². The highest BCUT2D eigenvalue weighted by Crippen LogP contribution is 2.68. The lowest BCUT2D eigenvalue weighted by Gasteiger charge is -2.45. The van der Waals surface area contributed by atoms with Crippen LogP contribution in [0.2, 0.25) is 0 Å². The Hall–Kier alpha value is 0.350. The molecule has 0 aromatic heterocycles. The van der Waals surface area contributed by atoms with Crippen molar-refractivity contribution in [3.63, 3.8) is 0 Å². The molecule has 3 aliphatic rings. The largest absolute Gasteiger partial charge is 0.179 e. The first kappa shape index (κ1) is 7.02. The van der Waals surface area contributed by atoms with Gasteiger partial charge in [0.25, 0.3) is 0 Å². The third kappa shape index (κ3) is 0.827. The highest BCUT2D eigenvalue weighted by atomic mass is 32.1. The molecule has 0 unspecified atom stereocenters. The van der Waals surface area contributed by atoms with Crippen molar-refractivity contribution >= 4 is 12.6 Å². The van der Waals surface area contributed by atoms with Crippen molar-refractivity contribution in [2.24, 2.45) is 10.8 Å². The van der Waals surface area contributed by atoms with Crippen molar-refractivity contribution in [1.29, 1.82) is 0 Å². The van der Waals surface area contributed by atoms with Gasteiger partial charge in [-0.2, -0.15) is 12.6 Å². The van der Waals surface area contributed by atoms with Crippen LogP contribution in [-0.4, -0.2) is 5.75 Å². The maximum absolute atomic E-state index is 4.30. The van der Waals surface area contributed by atoms with Gasteiger partial charge in [-0.25, -0.2) is 0 Å². The quantitative estimate of drug-likeness (QED) is 0.584. The lowest BCUT2D eigenvalue weighted by atomic mass is 9.60. The summed E-state index contributed by atoms with van der Waals surface area (Å²) in [6.07, 6.45) is 7.34. The summed E-state index contributed by atoms with van der Waals surface area (Å²) in [6.45, 7) is 2.44. The average Bonchev–Trinajstić information content (AvgIpc) is 2.21. The van der Waals surface area contributed by atoms with E-state index < -0.39 is 0 Å². The van der Waals surface area contributed by atoms with Gasteiger partial charge in [0.05, 0.1) is 0 Å². The van der Waals surface area contributed by atoms with Gasteiger partial charge in [-0.05, 0) is 48.7 Å². The van der Waals surface area contributed by atoms with Gasteiger partial charge in [0.1, 0.15) is 0 Å². The molecule has 0 saturated heterocycles. The summed E-state index contributed by atoms with van der Waals surface area (Å²) in [7, 11) is 0. The predicted octanol–water partition coefficient (Wildman–Crippen LogP) is 2.89. The second kappa shape index (κ2) is 1.94. The molecule has 3 saturated carbocycles. The number of fused-ring (bicyclic) bond motifs is 1. The number of hydrogen-bond acceptors (Lipinski definition) is 1. The second-order valence-corrected chi connectivity index (χ2v) is 5.09. The number of thiol groups is 1. The van der Waals surface area contributed by atoms with E-state index in [0.29, 0.717) is 0 Å². The summed E-state index contributed by atoms with van der Waals surface area (Å²) in [4.78, 5) is 0. The van der Waals surface area contributed by atoms with Crippen LogP contribution in [0.5, 0.6) is 0 Å². The van der Waals surface area contributed by atoms with E-state index in [9.17, 15) is 0 Å². The molecule has 58 valence electrons. The fraction of sp³-hybridized carbons (Fsp3) is 1.00. The highest BCUT2D eigenvalue weighted by Gasteiger charge is 2.56. The van der Waals surface area contributed by atoms with E-state index in [1.54, 1.807) is 0 Å². The van der Waals surface area contributed by atoms with Gasteiger partial charge in [-0.3, -0.25) is 0 Å². The van der Waals surface area contributed by atoms with Gasteiger partial charge >= 0.3 is 0 Å². The molecule has 3 fully saturated rings. The first-order valence-corrected chi connectivity index (χ1v) is 4.92. The summed E-state index contributed by atoms with van der Waals surface area (Å²) in [5.74, 6) is 1.09. The molecule has 3 aliphatic carbocycles. The van der Waals surface area contributed by atoms with Crippen LogP contribution in [0.3, 0.4) is 0 Å². The van der Waals surface area contributed by atoms with E-state index in [-0.39, 0.29) is 0 Å². The Balaban J connectivity index is 2.00. The van der Waals surface area contributed by atoms with Crippen LogP contribution >= 0.6 is 12.6 Å². The van der Waals surface area contributed by atoms with Crippen LogP contribution < -0.4 is 0 Å². The van der Waals surface area contributed by atoms with E-state index in [1.807, 2.05) is 0 Å². The standard InChI is InChI=1S/C9H16S/c1-8-2-3-9(6-8,7-8)4-5-10/h10H,2-7H2,1H3. The number of rotatable bonds is 2. The van der Waals surface area contributed by atoms with Crippen LogP contribution in [0.15, 0.2) is 0 Å². The molecular weight excluding hydrogens is 140 g/mol. The molecule has 0 atom stereocenters. The summed E-state index contributed by atoms with van der Waals surface area (Å²) >= 11 is 4.30. The van der Waals surface area contributed by atoms with Crippen molar-refractivity contribution in [2.75, 3.05) is 5.75 Å². The minimum Gasteiger partial charge on any atom is -0.179 e. The maximum atomic E-state index is 4.30. The third-order valence-electron chi connectivity index (χ3n) is 3.50. The SMILES string of the molecule is CC12CCC(CCS)(C1)C2. The Morgan fingerprint density at radius 2 is 2.00 bits per heavy atom. The Labute approximate surface area is 68.8 Å². The van der Waals surface area contributed by atoms with Crippen LogP contribution in [0, 0.1) is 10.8 Å². The molecule has 0 N–H and O–H groups in total. The predicted molar refractivity (Wildman–Crippen MR) is 47.5 cm³/mol. The van der Waals surface area contributed by atoms with Gasteiger partial charge in [0.15, 0.2) is 0 Å². The molecule has 0 aromatic rings. The number of hydrogen-bond donors (Lipinski definition) is 1. The molecule has 0 spiro atoms. The Morgan fingerprint density at radius 3 is 2.40 bits per heavy atom. The fourth-order valence-corrected chi connectivity index (χ4v) is 3.69. The minimum atomic E-state index is 0.767. The van der Waals surface area contributed by atoms with E-state index in [1.165, 1.54) is 32.1 Å². The third-order valence-corrected chi connectivity index (χ3v) is 3.73. The van der Waals surface area contributed by atoms with Crippen LogP contribution in [0.25, 0.3) is 0 Å². The van der Waals surface area contributed by atoms with E-state index in [0.717, 1.165) is 16.6 Å². The lowest BCUT2D eigenvalue weighted by Crippen LogP contribution is -2.35. The molecule has 0 amide bonds. The molecular formula is C9H16S. The summed E-state index contributed by atoms with van der Waals surface area (Å²) in [5.41, 5.74) is 1.54. The van der Waals surface area contributed by atoms with Crippen molar-refractivity contribution in [2.45, 2.75) is 39.0 Å². The maximum Gasteiger partial charge on any atom is -0.00926 e. The monoisotopic (exact) mass is 156 g/mol. The van der Waals surface area contributed by atoms with Gasteiger partial charge in [0, 0.05) is 0 Å². The van der Waals surface area contributed by atoms with Gasteiger partial charge in [0.2, 0.25) is 0 Å². The summed E-state index contributed by atoms with van der Waals surface area (Å²) in [5, 5.41) is 0. The van der Waals surface area contributed by atoms with E-state index in [4.69, 9.17) is 0 Å². The first-order chi connectivity index (χ1) is 4.68. The molecule has 0 radical (unpaired) electrons. The average molecular weight is 156 g/mol. The zero-order valence-corrected chi connectivity index (χ0v) is 7.58. The molecule has 3 rings (SSSR count). The molecule has 0 aromatic carbocycles. The lowest BCUT2D eigenvalue weighted by molar-refractivity contribution is 0.0595. The first-order valence-electron chi connectivity index (χ1n) is 4.29. The normalized spacial score (nSPS) is 51.0. The second-order valence-electron chi connectivity index (χ2n) is 4.64. The molecule has 0 aliphatic heterocycles. The summed E-state index contributed by atoms with van der Waals surface area (Å²) < 4.78 is 0. The van der Waals surface area contributed by atoms with Crippen molar-refractivity contribution in [1.82, 2.24) is 0 Å². The van der Waals surface area contributed by atoms with Crippen molar-refractivity contribution < 1.29 is 0 Å². The summed E-state index contributed by atoms with van der Waals surface area (Å²) in [6, 6.07) is 0. The zero-order chi connectivity index (χ0) is 7.24. The van der Waals surface area contributed by atoms with Crippen LogP contribution in [-0.2, 0) is 0 Å². The zero-order valence-electron chi connectivity index (χ0n) is 6.69. The topological polar surface area (TPSA) is 0 Å². The molecule has 1 heteroatoms. The Morgan fingerprint density at radius 1 is 1.30 bits per heavy atom. The molecule has 0 nitrogen and oxygen atoms in total. The fourth-order valence-electron chi connectivity index (χ4n) is 3.22. The Kier molecular flexibility index (Phi) is 1.36. The molecule has 10 heavy (non-hydrogen) atoms. The van der Waals surface area contributed by atoms with Crippen molar-refractivity contribution in [3.05, 3.63) is 0 Å². The minimum absolute atomic E-state index is 0.767. The molecule has 0 heterocycles. The van der Waals surface area contributed by atoms with Gasteiger partial charge in [-0.15, -0.1) is 0 Å². The van der Waals surface area contributed by atoms with Gasteiger partial charge < -0.3 is 0 Å². The van der Waals surface area contributed by atoms with E-state index >= 15 is 0 Å². The smallest absolute Gasteiger partial charge is 0.00926 e. The Bertz CT molecular complexity index is 141. The van der Waals surface area contributed by atoms with Gasteiger partial charge in [-0.1, -0.05) is 6.92 Å².